The van der Waals surface area contributed by atoms with Gasteiger partial charge < -0.3 is 25.4 Å². The first-order valence-corrected chi connectivity index (χ1v) is 11.6. The summed E-state index contributed by atoms with van der Waals surface area (Å²) >= 11 is 5.91. The predicted molar refractivity (Wildman–Crippen MR) is 124 cm³/mol. The number of tetrazole rings is 1. The van der Waals surface area contributed by atoms with Gasteiger partial charge in [0.05, 0.1) is 24.6 Å². The summed E-state index contributed by atoms with van der Waals surface area (Å²) in [5, 5.41) is 33.8. The molecule has 0 saturated carbocycles. The molecule has 1 aliphatic heterocycles. The van der Waals surface area contributed by atoms with E-state index in [1.807, 2.05) is 0 Å². The molecule has 1 unspecified atom stereocenters. The molecule has 4 atom stereocenters. The van der Waals surface area contributed by atoms with Crippen molar-refractivity contribution in [3.63, 3.8) is 0 Å². The Labute approximate surface area is 220 Å². The summed E-state index contributed by atoms with van der Waals surface area (Å²) in [6.07, 6.45) is -6.50. The molecule has 0 aliphatic carbocycles. The molecule has 14 nitrogen and oxygen atoms in total. The fourth-order valence-corrected chi connectivity index (χ4v) is 4.41. The van der Waals surface area contributed by atoms with Crippen LogP contribution in [0.15, 0.2) is 30.6 Å². The van der Waals surface area contributed by atoms with Crippen molar-refractivity contribution in [1.82, 2.24) is 40.1 Å². The Kier molecular flexibility index (Phi) is 6.83. The lowest BCUT2D eigenvalue weighted by molar-refractivity contribution is -0.178. The van der Waals surface area contributed by atoms with Crippen molar-refractivity contribution in [2.24, 2.45) is 0 Å². The number of anilines is 1. The Bertz CT molecular complexity index is 1480. The van der Waals surface area contributed by atoms with Crippen LogP contribution < -0.4 is 5.73 Å². The number of alkyl halides is 3. The zero-order valence-corrected chi connectivity index (χ0v) is 20.3. The van der Waals surface area contributed by atoms with Gasteiger partial charge in [-0.25, -0.2) is 9.78 Å². The second-order valence-corrected chi connectivity index (χ2v) is 9.02. The number of imidazole rings is 1. The maximum Gasteiger partial charge on any atom is 0.416 e. The van der Waals surface area contributed by atoms with E-state index in [0.717, 1.165) is 24.3 Å². The third-order valence-electron chi connectivity index (χ3n) is 6.22. The Morgan fingerprint density at radius 1 is 1.28 bits per heavy atom. The number of hydrogen-bond acceptors (Lipinski definition) is 11. The summed E-state index contributed by atoms with van der Waals surface area (Å²) in [7, 11) is 0. The SMILES string of the molecule is Nc1nc(Cl)nc2c1ncn2[C@H]1C[C@H](O)[C@@H](COC(Cc2ccc(C(F)(F)F)cc2)(C(=O)O)c2nn[nH]n2)O1. The van der Waals surface area contributed by atoms with Gasteiger partial charge in [0.15, 0.2) is 11.5 Å². The van der Waals surface area contributed by atoms with Gasteiger partial charge in [0.1, 0.15) is 17.8 Å². The monoisotopic (exact) mass is 569 g/mol. The van der Waals surface area contributed by atoms with E-state index in [0.29, 0.717) is 0 Å². The van der Waals surface area contributed by atoms with E-state index >= 15 is 0 Å². The first kappa shape index (κ1) is 26.7. The summed E-state index contributed by atoms with van der Waals surface area (Å²) in [6.45, 7) is -0.455. The van der Waals surface area contributed by atoms with E-state index in [1.165, 1.54) is 10.9 Å². The molecule has 0 amide bonds. The normalized spacial score (nSPS) is 21.3. The number of nitrogens with one attached hydrogen (secondary N) is 1. The van der Waals surface area contributed by atoms with Gasteiger partial charge in [-0.1, -0.05) is 17.3 Å². The Morgan fingerprint density at radius 3 is 2.67 bits per heavy atom. The summed E-state index contributed by atoms with van der Waals surface area (Å²) in [5.74, 6) is -1.85. The number of H-pyrrole nitrogens is 1. The molecule has 206 valence electrons. The molecule has 0 bridgehead atoms. The number of halogens is 4. The molecule has 1 fully saturated rings. The first-order chi connectivity index (χ1) is 18.5. The second kappa shape index (κ2) is 9.99. The van der Waals surface area contributed by atoms with Gasteiger partial charge in [-0.15, -0.1) is 10.2 Å². The smallest absolute Gasteiger partial charge is 0.416 e. The lowest BCUT2D eigenvalue weighted by atomic mass is 9.92. The van der Waals surface area contributed by atoms with E-state index in [4.69, 9.17) is 26.8 Å². The minimum Gasteiger partial charge on any atom is -0.479 e. The molecular weight excluding hydrogens is 551 g/mol. The summed E-state index contributed by atoms with van der Waals surface area (Å²) < 4.78 is 52.2. The van der Waals surface area contributed by atoms with E-state index in [-0.39, 0.29) is 40.1 Å². The number of carboxylic acids is 1. The average Bonchev–Trinajstić information content (AvgIpc) is 3.62. The van der Waals surface area contributed by atoms with E-state index in [9.17, 15) is 28.2 Å². The maximum absolute atomic E-state index is 13.0. The number of benzene rings is 1. The van der Waals surface area contributed by atoms with Crippen LogP contribution in [-0.4, -0.2) is 75.1 Å². The van der Waals surface area contributed by atoms with Crippen molar-refractivity contribution in [2.45, 2.75) is 43.1 Å². The largest absolute Gasteiger partial charge is 0.479 e. The van der Waals surface area contributed by atoms with Gasteiger partial charge >= 0.3 is 12.1 Å². The number of nitrogens with zero attached hydrogens (tertiary/aromatic N) is 7. The lowest BCUT2D eigenvalue weighted by Gasteiger charge is -2.28. The number of rotatable bonds is 8. The highest BCUT2D eigenvalue weighted by atomic mass is 35.5. The molecule has 0 spiro atoms. The van der Waals surface area contributed by atoms with Crippen molar-refractivity contribution in [2.75, 3.05) is 12.3 Å². The van der Waals surface area contributed by atoms with Crippen LogP contribution in [0.4, 0.5) is 19.0 Å². The van der Waals surface area contributed by atoms with Crippen LogP contribution in [0.1, 0.15) is 29.6 Å². The molecule has 0 radical (unpaired) electrons. The Balaban J connectivity index is 1.38. The number of fused-ring (bicyclic) bond motifs is 1. The zero-order chi connectivity index (χ0) is 27.9. The van der Waals surface area contributed by atoms with Gasteiger partial charge in [-0.2, -0.15) is 28.4 Å². The van der Waals surface area contributed by atoms with Gasteiger partial charge in [0.2, 0.25) is 16.7 Å². The predicted octanol–water partition coefficient (Wildman–Crippen LogP) is 1.48. The van der Waals surface area contributed by atoms with E-state index < -0.39 is 54.8 Å². The lowest BCUT2D eigenvalue weighted by Crippen LogP contribution is -2.45. The summed E-state index contributed by atoms with van der Waals surface area (Å²) in [5.41, 5.74) is 3.39. The number of aromatic nitrogens is 8. The average molecular weight is 570 g/mol. The van der Waals surface area contributed by atoms with Crippen LogP contribution in [0.5, 0.6) is 0 Å². The fraction of sp³-hybridized carbons (Fsp3) is 0.381. The molecule has 4 heterocycles. The number of aromatic amines is 1. The number of nitrogens with two attached hydrogens (primary N) is 1. The number of carboxylic acid groups (broad SMARTS) is 1. The molecule has 5 N–H and O–H groups in total. The van der Waals surface area contributed by atoms with Crippen LogP contribution in [-0.2, 0) is 32.5 Å². The van der Waals surface area contributed by atoms with Crippen molar-refractivity contribution >= 4 is 34.6 Å². The highest BCUT2D eigenvalue weighted by Crippen LogP contribution is 2.35. The van der Waals surface area contributed by atoms with Gasteiger partial charge in [-0.3, -0.25) is 4.57 Å². The number of ether oxygens (including phenoxy) is 2. The minimum atomic E-state index is -4.57. The summed E-state index contributed by atoms with van der Waals surface area (Å²) in [6, 6.07) is 3.91. The highest BCUT2D eigenvalue weighted by molar-refractivity contribution is 6.28. The number of carbonyl (C=O) groups is 1. The van der Waals surface area contributed by atoms with Crippen LogP contribution >= 0.6 is 11.6 Å². The van der Waals surface area contributed by atoms with E-state index in [1.54, 1.807) is 0 Å². The minimum absolute atomic E-state index is 0.0526. The highest BCUT2D eigenvalue weighted by Gasteiger charge is 2.48. The molecule has 4 aromatic rings. The van der Waals surface area contributed by atoms with Crippen LogP contribution in [0.2, 0.25) is 5.28 Å². The molecule has 1 aromatic carbocycles. The Hall–Kier alpha value is -3.93. The molecule has 1 aliphatic rings. The molecule has 1 saturated heterocycles. The molecule has 39 heavy (non-hydrogen) atoms. The molecule has 3 aromatic heterocycles. The van der Waals surface area contributed by atoms with E-state index in [2.05, 4.69) is 35.6 Å². The topological polar surface area (TPSA) is 200 Å². The van der Waals surface area contributed by atoms with Gasteiger partial charge in [-0.05, 0) is 29.3 Å². The number of aliphatic hydroxyl groups excluding tert-OH is 1. The van der Waals surface area contributed by atoms with Crippen LogP contribution in [0.25, 0.3) is 11.2 Å². The van der Waals surface area contributed by atoms with Crippen molar-refractivity contribution in [1.29, 1.82) is 0 Å². The zero-order valence-electron chi connectivity index (χ0n) is 19.6. The second-order valence-electron chi connectivity index (χ2n) is 8.68. The third-order valence-corrected chi connectivity index (χ3v) is 6.38. The molecule has 5 rings (SSSR count). The molecular formula is C21H19ClF3N9O5. The van der Waals surface area contributed by atoms with Gasteiger partial charge in [0.25, 0.3) is 0 Å². The van der Waals surface area contributed by atoms with Crippen molar-refractivity contribution in [3.05, 3.63) is 52.8 Å². The van der Waals surface area contributed by atoms with Crippen molar-refractivity contribution < 1.29 is 37.7 Å². The third kappa shape index (κ3) is 5.08. The van der Waals surface area contributed by atoms with Crippen LogP contribution in [0, 0.1) is 0 Å². The quantitative estimate of drug-likeness (QED) is 0.223. The maximum atomic E-state index is 13.0. The number of aliphatic carboxylic acids is 1. The summed E-state index contributed by atoms with van der Waals surface area (Å²) in [4.78, 5) is 24.6. The standard InChI is InChI=1S/C21H19ClF3N9O5/c22-19-28-15(26)14-16(29-19)34(8-27-14)13-5-11(35)12(39-13)7-38-20(18(36)37,17-30-32-33-31-17)6-9-1-3-10(4-2-9)21(23,24)25/h1-4,8,11-13,35H,5-7H2,(H,36,37)(H2,26,28,29)(H,30,31,32,33)/t11-,12+,13+,20?/m0/s1. The molecule has 18 heteroatoms. The van der Waals surface area contributed by atoms with Crippen LogP contribution in [0.3, 0.4) is 0 Å². The van der Waals surface area contributed by atoms with Gasteiger partial charge in [0, 0.05) is 12.8 Å². The number of nitrogen functional groups attached to an aromatic ring is 1. The number of hydrogen-bond donors (Lipinski definition) is 4. The Morgan fingerprint density at radius 2 is 2.03 bits per heavy atom. The number of aliphatic hydroxyl groups is 1. The van der Waals surface area contributed by atoms with Crippen molar-refractivity contribution in [3.8, 4) is 0 Å². The first-order valence-electron chi connectivity index (χ1n) is 11.2. The fourth-order valence-electron chi connectivity index (χ4n) is 4.24.